The third-order valence-electron chi connectivity index (χ3n) is 17.7. The van der Waals surface area contributed by atoms with Gasteiger partial charge >= 0.3 is 6.85 Å². The van der Waals surface area contributed by atoms with Crippen LogP contribution in [-0.4, -0.2) is 6.85 Å². The van der Waals surface area contributed by atoms with E-state index in [1.54, 1.807) is 0 Å². The normalized spacial score (nSPS) is 18.0. The van der Waals surface area contributed by atoms with Gasteiger partial charge in [0, 0.05) is 33.7 Å². The molecule has 3 heteroatoms. The molecule has 0 amide bonds. The van der Waals surface area contributed by atoms with E-state index in [-0.39, 0.29) is 23.1 Å². The van der Waals surface area contributed by atoms with Gasteiger partial charge in [-0.15, -0.1) is 0 Å². The van der Waals surface area contributed by atoms with Crippen molar-refractivity contribution in [1.29, 1.82) is 0 Å². The number of anilines is 5. The molecule has 0 aromatic heterocycles. The van der Waals surface area contributed by atoms with E-state index >= 15 is 0 Å². The maximum absolute atomic E-state index is 2.79. The second-order valence-corrected chi connectivity index (χ2v) is 22.2. The Morgan fingerprint density at radius 2 is 1.03 bits per heavy atom. The van der Waals surface area contributed by atoms with Gasteiger partial charge in [-0.05, 0) is 148 Å². The molecule has 6 aliphatic rings. The summed E-state index contributed by atoms with van der Waals surface area (Å²) in [4.78, 5) is 5.48. The highest BCUT2D eigenvalue weighted by Gasteiger charge is 2.56. The van der Waals surface area contributed by atoms with E-state index in [1.807, 2.05) is 0 Å². The van der Waals surface area contributed by atoms with Crippen molar-refractivity contribution in [3.05, 3.63) is 220 Å². The maximum atomic E-state index is 2.79. The number of benzene rings is 9. The highest BCUT2D eigenvalue weighted by molar-refractivity contribution is 6.94. The zero-order valence-electron chi connectivity index (χ0n) is 39.1. The standard InChI is InChI=1S/C64H51BN2/c1-61(2)34-35-62(3,4)51-37-39(30-31-47(51)61)67-54-33-32-49-56(43-22-11-12-23-44(43)63(49,5)6)58(54)57-40-19-8-7-18-38(40)36-55-59(57)65(67)52-28-17-27-50-60(52)66(55)53-29-16-15-26-48(53)64(50)45-24-13-9-20-41(45)42-21-10-14-25-46(42)64/h7-33,36-37H,34-35H2,1-6H3. The Morgan fingerprint density at radius 1 is 0.418 bits per heavy atom. The van der Waals surface area contributed by atoms with Crippen LogP contribution < -0.4 is 20.6 Å². The van der Waals surface area contributed by atoms with Crippen molar-refractivity contribution in [2.75, 3.05) is 9.71 Å². The van der Waals surface area contributed by atoms with Gasteiger partial charge in [0.2, 0.25) is 0 Å². The van der Waals surface area contributed by atoms with Gasteiger partial charge in [0.25, 0.3) is 0 Å². The molecule has 2 nitrogen and oxygen atoms in total. The summed E-state index contributed by atoms with van der Waals surface area (Å²) in [7, 11) is 0. The third-order valence-corrected chi connectivity index (χ3v) is 17.7. The lowest BCUT2D eigenvalue weighted by atomic mass is 9.42. The molecule has 0 unspecified atom stereocenters. The van der Waals surface area contributed by atoms with Gasteiger partial charge in [0.15, 0.2) is 0 Å². The summed E-state index contributed by atoms with van der Waals surface area (Å²) in [6.45, 7) is 14.6. The van der Waals surface area contributed by atoms with Gasteiger partial charge < -0.3 is 9.71 Å². The monoisotopic (exact) mass is 858 g/mol. The Labute approximate surface area is 394 Å². The minimum absolute atomic E-state index is 0.0499. The van der Waals surface area contributed by atoms with Gasteiger partial charge in [-0.2, -0.15) is 0 Å². The van der Waals surface area contributed by atoms with Crippen LogP contribution in [0.5, 0.6) is 0 Å². The van der Waals surface area contributed by atoms with Crippen LogP contribution in [0.25, 0.3) is 44.2 Å². The van der Waals surface area contributed by atoms with Gasteiger partial charge in [-0.1, -0.05) is 187 Å². The van der Waals surface area contributed by atoms with Crippen molar-refractivity contribution < 1.29 is 0 Å². The molecule has 0 bridgehead atoms. The van der Waals surface area contributed by atoms with Crippen molar-refractivity contribution in [2.24, 2.45) is 0 Å². The van der Waals surface area contributed by atoms with Gasteiger partial charge in [-0.3, -0.25) is 0 Å². The summed E-state index contributed by atoms with van der Waals surface area (Å²) >= 11 is 0. The molecule has 3 aliphatic carbocycles. The predicted molar refractivity (Wildman–Crippen MR) is 281 cm³/mol. The SMILES string of the molecule is CC1(C)CCC(C)(C)c2cc(N3B4c5cccc6c5N(c5ccccc5C65c6ccccc6-c6ccccc65)c5cc6ccccc6c(c54)-c4c3ccc3c4-c4ccccc4C3(C)C)ccc21. The first kappa shape index (κ1) is 38.1. The number of hydrogen-bond acceptors (Lipinski definition) is 2. The second kappa shape index (κ2) is 12.5. The Balaban J connectivity index is 1.13. The minimum Gasteiger partial charge on any atom is -0.376 e. The van der Waals surface area contributed by atoms with Gasteiger partial charge in [0.05, 0.1) is 11.1 Å². The van der Waals surface area contributed by atoms with Crippen LogP contribution in [0.4, 0.5) is 28.4 Å². The molecular formula is C64H51BN2. The van der Waals surface area contributed by atoms with E-state index in [4.69, 9.17) is 0 Å². The molecule has 0 fully saturated rings. The Kier molecular flexibility index (Phi) is 7.08. The Hall–Kier alpha value is -7.10. The van der Waals surface area contributed by atoms with E-state index in [2.05, 4.69) is 227 Å². The van der Waals surface area contributed by atoms with Crippen LogP contribution in [0.15, 0.2) is 176 Å². The fraction of sp³-hybridized carbons (Fsp3) is 0.188. The molecule has 3 heterocycles. The first-order valence-electron chi connectivity index (χ1n) is 24.5. The largest absolute Gasteiger partial charge is 0.376 e. The van der Waals surface area contributed by atoms with Gasteiger partial charge in [0.1, 0.15) is 0 Å². The average molecular weight is 859 g/mol. The van der Waals surface area contributed by atoms with Crippen LogP contribution in [-0.2, 0) is 21.7 Å². The zero-order valence-corrected chi connectivity index (χ0v) is 39.1. The molecule has 0 N–H and O–H groups in total. The van der Waals surface area contributed by atoms with E-state index in [1.165, 1.54) is 141 Å². The molecule has 0 atom stereocenters. The number of nitrogens with zero attached hydrogens (tertiary/aromatic N) is 2. The minimum atomic E-state index is -0.502. The number of hydrogen-bond donors (Lipinski definition) is 0. The molecule has 3 aliphatic heterocycles. The summed E-state index contributed by atoms with van der Waals surface area (Å²) < 4.78 is 0. The van der Waals surface area contributed by atoms with Crippen molar-refractivity contribution >= 4 is 57.0 Å². The van der Waals surface area contributed by atoms with Crippen LogP contribution >= 0.6 is 0 Å². The second-order valence-electron chi connectivity index (χ2n) is 22.2. The van der Waals surface area contributed by atoms with Crippen molar-refractivity contribution in [3.63, 3.8) is 0 Å². The summed E-state index contributed by atoms with van der Waals surface area (Å²) in [5, 5.41) is 2.58. The highest BCUT2D eigenvalue weighted by atomic mass is 15.2. The number of fused-ring (bicyclic) bond motifs is 20. The number of rotatable bonds is 1. The fourth-order valence-electron chi connectivity index (χ4n) is 14.5. The first-order valence-corrected chi connectivity index (χ1v) is 24.5. The van der Waals surface area contributed by atoms with E-state index in [9.17, 15) is 0 Å². The summed E-state index contributed by atoms with van der Waals surface area (Å²) in [5.41, 5.74) is 28.0. The fourth-order valence-corrected chi connectivity index (χ4v) is 14.5. The van der Waals surface area contributed by atoms with Crippen LogP contribution in [0.2, 0.25) is 0 Å². The van der Waals surface area contributed by atoms with E-state index in [0.29, 0.717) is 0 Å². The molecule has 67 heavy (non-hydrogen) atoms. The van der Waals surface area contributed by atoms with Crippen LogP contribution in [0, 0.1) is 0 Å². The smallest absolute Gasteiger partial charge is 0.333 e. The Bertz CT molecular complexity index is 3670. The van der Waals surface area contributed by atoms with E-state index in [0.717, 1.165) is 0 Å². The summed E-state index contributed by atoms with van der Waals surface area (Å²) in [6, 6.07) is 68.7. The lowest BCUT2D eigenvalue weighted by Crippen LogP contribution is -2.62. The molecular weight excluding hydrogens is 808 g/mol. The van der Waals surface area contributed by atoms with Crippen LogP contribution in [0.1, 0.15) is 98.9 Å². The van der Waals surface area contributed by atoms with Crippen molar-refractivity contribution in [2.45, 2.75) is 76.0 Å². The Morgan fingerprint density at radius 3 is 1.79 bits per heavy atom. The molecule has 320 valence electrons. The number of para-hydroxylation sites is 2. The zero-order chi connectivity index (χ0) is 44.9. The quantitative estimate of drug-likeness (QED) is 0.152. The lowest BCUT2D eigenvalue weighted by Gasteiger charge is -2.52. The first-order chi connectivity index (χ1) is 32.5. The molecule has 9 aromatic carbocycles. The predicted octanol–water partition coefficient (Wildman–Crippen LogP) is 14.9. The molecule has 0 saturated carbocycles. The molecule has 9 aromatic rings. The average Bonchev–Trinajstić information content (AvgIpc) is 3.77. The van der Waals surface area contributed by atoms with Crippen molar-refractivity contribution in [1.82, 2.24) is 0 Å². The molecule has 0 saturated heterocycles. The van der Waals surface area contributed by atoms with Crippen LogP contribution in [0.3, 0.4) is 0 Å². The molecule has 0 radical (unpaired) electrons. The maximum Gasteiger partial charge on any atom is 0.333 e. The van der Waals surface area contributed by atoms with Gasteiger partial charge in [-0.25, -0.2) is 0 Å². The third kappa shape index (κ3) is 4.46. The van der Waals surface area contributed by atoms with E-state index < -0.39 is 5.41 Å². The van der Waals surface area contributed by atoms with Crippen molar-refractivity contribution in [3.8, 4) is 33.4 Å². The summed E-state index contributed by atoms with van der Waals surface area (Å²) in [6.07, 6.45) is 2.36. The topological polar surface area (TPSA) is 6.48 Å². The molecule has 1 spiro atoms. The lowest BCUT2D eigenvalue weighted by molar-refractivity contribution is 0.332. The summed E-state index contributed by atoms with van der Waals surface area (Å²) in [5.74, 6) is 0. The highest BCUT2D eigenvalue weighted by Crippen LogP contribution is 2.65. The molecule has 15 rings (SSSR count).